The van der Waals surface area contributed by atoms with E-state index in [-0.39, 0.29) is 22.6 Å². The molecule has 2 bridgehead atoms. The maximum atomic E-state index is 13.3. The van der Waals surface area contributed by atoms with E-state index in [2.05, 4.69) is 25.7 Å². The summed E-state index contributed by atoms with van der Waals surface area (Å²) in [6, 6.07) is 14.4. The van der Waals surface area contributed by atoms with Gasteiger partial charge < -0.3 is 14.5 Å². The van der Waals surface area contributed by atoms with Gasteiger partial charge >= 0.3 is 5.97 Å². The SMILES string of the molecule is COC(=O)c1cccc(C(=O)N(C)Cc2ccc(C(=O)N3CC4(C)CC3CC(C)(C)C4)cc2)c1. The van der Waals surface area contributed by atoms with Gasteiger partial charge in [-0.2, -0.15) is 0 Å². The lowest BCUT2D eigenvalue weighted by Crippen LogP contribution is -2.37. The number of rotatable bonds is 5. The number of benzene rings is 2. The number of ether oxygens (including phenoxy) is 1. The summed E-state index contributed by atoms with van der Waals surface area (Å²) < 4.78 is 4.74. The summed E-state index contributed by atoms with van der Waals surface area (Å²) in [5.74, 6) is -0.565. The number of hydrogen-bond acceptors (Lipinski definition) is 4. The van der Waals surface area contributed by atoms with Crippen molar-refractivity contribution in [1.29, 1.82) is 0 Å². The maximum absolute atomic E-state index is 13.3. The number of fused-ring (bicyclic) bond motifs is 2. The van der Waals surface area contributed by atoms with E-state index in [1.54, 1.807) is 36.2 Å². The van der Waals surface area contributed by atoms with Crippen molar-refractivity contribution in [3.8, 4) is 0 Å². The van der Waals surface area contributed by atoms with Crippen LogP contribution in [-0.4, -0.2) is 54.3 Å². The van der Waals surface area contributed by atoms with Gasteiger partial charge in [0.2, 0.25) is 0 Å². The van der Waals surface area contributed by atoms with E-state index in [0.29, 0.717) is 29.3 Å². The molecule has 1 aliphatic heterocycles. The number of nitrogens with zero attached hydrogens (tertiary/aromatic N) is 2. The lowest BCUT2D eigenvalue weighted by Gasteiger charge is -2.39. The summed E-state index contributed by atoms with van der Waals surface area (Å²) in [5.41, 5.74) is 2.87. The normalized spacial score (nSPS) is 22.9. The quantitative estimate of drug-likeness (QED) is 0.600. The van der Waals surface area contributed by atoms with Crippen LogP contribution in [0.1, 0.15) is 76.7 Å². The molecule has 1 saturated carbocycles. The van der Waals surface area contributed by atoms with Crippen LogP contribution in [0.3, 0.4) is 0 Å². The number of likely N-dealkylation sites (tertiary alicyclic amines) is 1. The molecule has 0 radical (unpaired) electrons. The van der Waals surface area contributed by atoms with Crippen LogP contribution in [0, 0.1) is 10.8 Å². The molecule has 2 amide bonds. The Balaban J connectivity index is 1.42. The summed E-state index contributed by atoms with van der Waals surface area (Å²) in [4.78, 5) is 41.6. The summed E-state index contributed by atoms with van der Waals surface area (Å²) >= 11 is 0. The summed E-state index contributed by atoms with van der Waals surface area (Å²) in [6.07, 6.45) is 3.29. The van der Waals surface area contributed by atoms with Crippen LogP contribution in [0.4, 0.5) is 0 Å². The third-order valence-electron chi connectivity index (χ3n) is 7.17. The molecule has 1 heterocycles. The largest absolute Gasteiger partial charge is 0.465 e. The summed E-state index contributed by atoms with van der Waals surface area (Å²) in [5, 5.41) is 0. The minimum Gasteiger partial charge on any atom is -0.465 e. The van der Waals surface area contributed by atoms with E-state index in [4.69, 9.17) is 4.74 Å². The smallest absolute Gasteiger partial charge is 0.337 e. The number of amides is 2. The van der Waals surface area contributed by atoms with Gasteiger partial charge in [0.25, 0.3) is 11.8 Å². The Morgan fingerprint density at radius 3 is 2.35 bits per heavy atom. The van der Waals surface area contributed by atoms with Crippen LogP contribution < -0.4 is 0 Å². The third-order valence-corrected chi connectivity index (χ3v) is 7.17. The Morgan fingerprint density at radius 2 is 1.68 bits per heavy atom. The predicted octanol–water partition coefficient (Wildman–Crippen LogP) is 4.79. The average Bonchev–Trinajstić information content (AvgIpc) is 3.06. The number of carbonyl (C=O) groups excluding carboxylic acids is 3. The van der Waals surface area contributed by atoms with Gasteiger partial charge in [-0.05, 0) is 66.0 Å². The lowest BCUT2D eigenvalue weighted by molar-refractivity contribution is 0.0600. The van der Waals surface area contributed by atoms with Crippen molar-refractivity contribution in [1.82, 2.24) is 9.80 Å². The monoisotopic (exact) mass is 462 g/mol. The van der Waals surface area contributed by atoms with Crippen LogP contribution in [0.5, 0.6) is 0 Å². The first-order chi connectivity index (χ1) is 16.0. The van der Waals surface area contributed by atoms with Crippen LogP contribution in [0.15, 0.2) is 48.5 Å². The van der Waals surface area contributed by atoms with Gasteiger partial charge in [0.05, 0.1) is 12.7 Å². The van der Waals surface area contributed by atoms with Gasteiger partial charge in [0, 0.05) is 37.3 Å². The fourth-order valence-corrected chi connectivity index (χ4v) is 6.08. The van der Waals surface area contributed by atoms with Gasteiger partial charge in [-0.1, -0.05) is 39.0 Å². The van der Waals surface area contributed by atoms with Crippen molar-refractivity contribution in [3.05, 3.63) is 70.8 Å². The number of methoxy groups -OCH3 is 1. The minimum atomic E-state index is -0.475. The first-order valence-corrected chi connectivity index (χ1v) is 11.8. The molecule has 1 aliphatic carbocycles. The highest BCUT2D eigenvalue weighted by Crippen LogP contribution is 2.52. The van der Waals surface area contributed by atoms with E-state index in [1.165, 1.54) is 7.11 Å². The second-order valence-corrected chi connectivity index (χ2v) is 11.1. The van der Waals surface area contributed by atoms with Crippen molar-refractivity contribution in [2.24, 2.45) is 10.8 Å². The third kappa shape index (κ3) is 4.86. The zero-order chi connectivity index (χ0) is 24.7. The molecule has 2 atom stereocenters. The molecule has 2 aromatic rings. The van der Waals surface area contributed by atoms with Crippen molar-refractivity contribution < 1.29 is 19.1 Å². The number of hydrogen-bond donors (Lipinski definition) is 0. The fraction of sp³-hybridized carbons (Fsp3) is 0.464. The molecule has 0 spiro atoms. The molecule has 2 fully saturated rings. The molecule has 2 aromatic carbocycles. The van der Waals surface area contributed by atoms with Crippen molar-refractivity contribution in [2.45, 2.75) is 52.6 Å². The van der Waals surface area contributed by atoms with Crippen molar-refractivity contribution in [2.75, 3.05) is 20.7 Å². The molecule has 6 heteroatoms. The van der Waals surface area contributed by atoms with E-state index in [9.17, 15) is 14.4 Å². The van der Waals surface area contributed by atoms with E-state index in [1.807, 2.05) is 24.3 Å². The first-order valence-electron chi connectivity index (χ1n) is 11.8. The Hall–Kier alpha value is -3.15. The number of carbonyl (C=O) groups is 3. The predicted molar refractivity (Wildman–Crippen MR) is 131 cm³/mol. The first kappa shape index (κ1) is 24.0. The van der Waals surface area contributed by atoms with Gasteiger partial charge in [-0.3, -0.25) is 9.59 Å². The second kappa shape index (κ2) is 8.90. The molecule has 4 rings (SSSR count). The molecule has 1 saturated heterocycles. The summed E-state index contributed by atoms with van der Waals surface area (Å²) in [7, 11) is 3.04. The standard InChI is InChI=1S/C28H34N2O4/c1-27(2)14-23-15-28(3,17-27)18-30(23)25(32)20-11-9-19(10-12-20)16-29(4)24(31)21-7-6-8-22(13-21)26(33)34-5/h6-13,23H,14-18H2,1-5H3. The molecular formula is C28H34N2O4. The Kier molecular flexibility index (Phi) is 6.28. The molecule has 6 nitrogen and oxygen atoms in total. The lowest BCUT2D eigenvalue weighted by atomic mass is 9.65. The van der Waals surface area contributed by atoms with Crippen molar-refractivity contribution in [3.63, 3.8) is 0 Å². The highest BCUT2D eigenvalue weighted by Gasteiger charge is 2.51. The van der Waals surface area contributed by atoms with E-state index in [0.717, 1.165) is 31.4 Å². The van der Waals surface area contributed by atoms with Crippen LogP contribution >= 0.6 is 0 Å². The Labute approximate surface area is 201 Å². The zero-order valence-corrected chi connectivity index (χ0v) is 20.8. The van der Waals surface area contributed by atoms with Gasteiger partial charge in [-0.25, -0.2) is 4.79 Å². The topological polar surface area (TPSA) is 66.9 Å². The molecule has 0 N–H and O–H groups in total. The summed E-state index contributed by atoms with van der Waals surface area (Å²) in [6.45, 7) is 8.15. The van der Waals surface area contributed by atoms with Gasteiger partial charge in [0.15, 0.2) is 0 Å². The second-order valence-electron chi connectivity index (χ2n) is 11.1. The molecule has 2 unspecified atom stereocenters. The average molecular weight is 463 g/mol. The minimum absolute atomic E-state index is 0.0991. The van der Waals surface area contributed by atoms with Gasteiger partial charge in [0.1, 0.15) is 0 Å². The Bertz CT molecular complexity index is 1110. The molecule has 34 heavy (non-hydrogen) atoms. The van der Waals surface area contributed by atoms with E-state index < -0.39 is 5.97 Å². The molecule has 2 aliphatic rings. The molecular weight excluding hydrogens is 428 g/mol. The van der Waals surface area contributed by atoms with Crippen LogP contribution in [0.25, 0.3) is 0 Å². The molecule has 180 valence electrons. The van der Waals surface area contributed by atoms with E-state index >= 15 is 0 Å². The van der Waals surface area contributed by atoms with Crippen LogP contribution in [0.2, 0.25) is 0 Å². The number of esters is 1. The Morgan fingerprint density at radius 1 is 1.00 bits per heavy atom. The zero-order valence-electron chi connectivity index (χ0n) is 20.8. The molecule has 0 aromatic heterocycles. The fourth-order valence-electron chi connectivity index (χ4n) is 6.08. The van der Waals surface area contributed by atoms with Crippen molar-refractivity contribution >= 4 is 17.8 Å². The maximum Gasteiger partial charge on any atom is 0.337 e. The van der Waals surface area contributed by atoms with Crippen LogP contribution in [-0.2, 0) is 11.3 Å². The highest BCUT2D eigenvalue weighted by molar-refractivity contribution is 5.98. The van der Waals surface area contributed by atoms with Gasteiger partial charge in [-0.15, -0.1) is 0 Å². The highest BCUT2D eigenvalue weighted by atomic mass is 16.5.